The Morgan fingerprint density at radius 1 is 1.19 bits per heavy atom. The van der Waals surface area contributed by atoms with Crippen molar-refractivity contribution in [2.75, 3.05) is 18.4 Å². The number of thiophene rings is 1. The maximum Gasteiger partial charge on any atom is 0.309 e. The normalized spacial score (nSPS) is 15.9. The van der Waals surface area contributed by atoms with Gasteiger partial charge in [-0.25, -0.2) is 13.6 Å². The molecule has 2 aromatic rings. The molecule has 9 nitrogen and oxygen atoms in total. The number of primary sulfonamides is 1. The molecule has 166 valence electrons. The number of piperidine rings is 1. The van der Waals surface area contributed by atoms with E-state index in [1.807, 2.05) is 11.4 Å². The van der Waals surface area contributed by atoms with Crippen molar-refractivity contribution in [3.63, 3.8) is 0 Å². The van der Waals surface area contributed by atoms with Crippen LogP contribution in [0.3, 0.4) is 0 Å². The van der Waals surface area contributed by atoms with Crippen LogP contribution in [0.1, 0.15) is 29.4 Å². The van der Waals surface area contributed by atoms with E-state index < -0.39 is 33.9 Å². The molecule has 2 heterocycles. The van der Waals surface area contributed by atoms with E-state index in [2.05, 4.69) is 5.32 Å². The Labute approximate surface area is 184 Å². The number of sulfonamides is 1. The van der Waals surface area contributed by atoms with Crippen molar-refractivity contribution in [1.29, 1.82) is 0 Å². The molecule has 2 amide bonds. The predicted molar refractivity (Wildman–Crippen MR) is 115 cm³/mol. The average Bonchev–Trinajstić information content (AvgIpc) is 3.27. The van der Waals surface area contributed by atoms with Gasteiger partial charge in [0.05, 0.1) is 15.7 Å². The van der Waals surface area contributed by atoms with E-state index in [-0.39, 0.29) is 16.5 Å². The maximum atomic E-state index is 12.5. The molecule has 1 saturated heterocycles. The molecule has 0 aliphatic carbocycles. The summed E-state index contributed by atoms with van der Waals surface area (Å²) in [7, 11) is -3.90. The molecule has 1 aliphatic heterocycles. The van der Waals surface area contributed by atoms with Crippen molar-refractivity contribution < 1.29 is 27.5 Å². The number of rotatable bonds is 6. The first kappa shape index (κ1) is 22.9. The molecule has 3 rings (SSSR count). The number of hydrogen-bond acceptors (Lipinski definition) is 7. The second kappa shape index (κ2) is 9.58. The Kier molecular flexibility index (Phi) is 7.08. The SMILES string of the molecule is C[C@H](OC(=O)C1CCN(C(=O)c2cccs2)CC1)C(=O)Nc1cccc(S(N)(=O)=O)c1. The van der Waals surface area contributed by atoms with Crippen LogP contribution in [0, 0.1) is 5.92 Å². The molecule has 1 fully saturated rings. The van der Waals surface area contributed by atoms with Crippen molar-refractivity contribution in [1.82, 2.24) is 4.90 Å². The van der Waals surface area contributed by atoms with Gasteiger partial charge in [-0.2, -0.15) is 0 Å². The number of benzene rings is 1. The lowest BCUT2D eigenvalue weighted by Gasteiger charge is -2.31. The first-order valence-electron chi connectivity index (χ1n) is 9.62. The zero-order chi connectivity index (χ0) is 22.6. The number of nitrogens with two attached hydrogens (primary N) is 1. The maximum absolute atomic E-state index is 12.5. The zero-order valence-electron chi connectivity index (χ0n) is 16.8. The number of hydrogen-bond donors (Lipinski definition) is 2. The van der Waals surface area contributed by atoms with Gasteiger partial charge in [-0.15, -0.1) is 11.3 Å². The zero-order valence-corrected chi connectivity index (χ0v) is 18.4. The molecule has 0 saturated carbocycles. The summed E-state index contributed by atoms with van der Waals surface area (Å²) in [5.41, 5.74) is 0.222. The topological polar surface area (TPSA) is 136 Å². The Hall–Kier alpha value is -2.76. The minimum absolute atomic E-state index is 0.0451. The molecule has 1 aliphatic rings. The van der Waals surface area contributed by atoms with Gasteiger partial charge in [0.15, 0.2) is 6.10 Å². The van der Waals surface area contributed by atoms with E-state index in [1.54, 1.807) is 11.0 Å². The third-order valence-electron chi connectivity index (χ3n) is 4.94. The molecule has 0 bridgehead atoms. The van der Waals surface area contributed by atoms with Crippen LogP contribution in [0.4, 0.5) is 5.69 Å². The molecular formula is C20H23N3O6S2. The molecule has 3 N–H and O–H groups in total. The molecule has 31 heavy (non-hydrogen) atoms. The van der Waals surface area contributed by atoms with Gasteiger partial charge < -0.3 is 15.0 Å². The van der Waals surface area contributed by atoms with Crippen molar-refractivity contribution in [2.45, 2.75) is 30.8 Å². The van der Waals surface area contributed by atoms with E-state index in [0.717, 1.165) is 0 Å². The molecule has 1 aromatic heterocycles. The van der Waals surface area contributed by atoms with Crippen LogP contribution in [0.5, 0.6) is 0 Å². The fraction of sp³-hybridized carbons (Fsp3) is 0.350. The number of anilines is 1. The van der Waals surface area contributed by atoms with Crippen LogP contribution in [0.25, 0.3) is 0 Å². The minimum atomic E-state index is -3.90. The Morgan fingerprint density at radius 2 is 1.90 bits per heavy atom. The molecule has 1 aromatic carbocycles. The Morgan fingerprint density at radius 3 is 2.52 bits per heavy atom. The van der Waals surface area contributed by atoms with Gasteiger partial charge in [-0.1, -0.05) is 12.1 Å². The highest BCUT2D eigenvalue weighted by atomic mass is 32.2. The second-order valence-corrected chi connectivity index (χ2v) is 9.69. The Balaban J connectivity index is 1.50. The first-order chi connectivity index (χ1) is 14.6. The lowest BCUT2D eigenvalue weighted by atomic mass is 9.97. The van der Waals surface area contributed by atoms with E-state index in [0.29, 0.717) is 30.8 Å². The Bertz CT molecular complexity index is 1060. The average molecular weight is 466 g/mol. The summed E-state index contributed by atoms with van der Waals surface area (Å²) in [6, 6.07) is 9.07. The van der Waals surface area contributed by atoms with Crippen LogP contribution in [0.2, 0.25) is 0 Å². The lowest BCUT2D eigenvalue weighted by Crippen LogP contribution is -2.41. The van der Waals surface area contributed by atoms with Crippen molar-refractivity contribution >= 4 is 44.8 Å². The molecule has 11 heteroatoms. The highest BCUT2D eigenvalue weighted by molar-refractivity contribution is 7.89. The number of ether oxygens (including phenoxy) is 1. The van der Waals surface area contributed by atoms with Crippen LogP contribution >= 0.6 is 11.3 Å². The monoisotopic (exact) mass is 465 g/mol. The fourth-order valence-corrected chi connectivity index (χ4v) is 4.44. The third kappa shape index (κ3) is 5.90. The largest absolute Gasteiger partial charge is 0.452 e. The summed E-state index contributed by atoms with van der Waals surface area (Å²) in [5.74, 6) is -1.53. The third-order valence-corrected chi connectivity index (χ3v) is 6.71. The molecular weight excluding hydrogens is 442 g/mol. The molecule has 0 unspecified atom stereocenters. The summed E-state index contributed by atoms with van der Waals surface area (Å²) in [4.78, 5) is 39.4. The first-order valence-corrected chi connectivity index (χ1v) is 12.0. The number of carbonyl (C=O) groups is 3. The lowest BCUT2D eigenvalue weighted by molar-refractivity contribution is -0.158. The van der Waals surface area contributed by atoms with Crippen molar-refractivity contribution in [3.8, 4) is 0 Å². The molecule has 0 spiro atoms. The summed E-state index contributed by atoms with van der Waals surface area (Å²) in [5, 5.41) is 9.44. The standard InChI is InChI=1S/C20H23N3O6S2/c1-13(18(24)22-15-4-2-5-16(12-15)31(21,27)28)29-20(26)14-7-9-23(10-8-14)19(25)17-6-3-11-30-17/h2-6,11-14H,7-10H2,1H3,(H,22,24)(H2,21,27,28)/t13-/m0/s1. The number of nitrogens with one attached hydrogen (secondary N) is 1. The highest BCUT2D eigenvalue weighted by Gasteiger charge is 2.31. The number of carbonyl (C=O) groups excluding carboxylic acids is 3. The van der Waals surface area contributed by atoms with Gasteiger partial charge in [-0.3, -0.25) is 14.4 Å². The molecule has 1 atom stereocenters. The van der Waals surface area contributed by atoms with Gasteiger partial charge in [0.25, 0.3) is 11.8 Å². The number of likely N-dealkylation sites (tertiary alicyclic amines) is 1. The fourth-order valence-electron chi connectivity index (χ4n) is 3.19. The number of esters is 1. The van der Waals surface area contributed by atoms with Gasteiger partial charge in [0, 0.05) is 18.8 Å². The summed E-state index contributed by atoms with van der Waals surface area (Å²) >= 11 is 1.38. The second-order valence-electron chi connectivity index (χ2n) is 7.18. The number of nitrogens with zero attached hydrogens (tertiary/aromatic N) is 1. The van der Waals surface area contributed by atoms with Crippen LogP contribution < -0.4 is 10.5 Å². The van der Waals surface area contributed by atoms with E-state index in [1.165, 1.54) is 42.5 Å². The van der Waals surface area contributed by atoms with E-state index >= 15 is 0 Å². The van der Waals surface area contributed by atoms with Crippen molar-refractivity contribution in [3.05, 3.63) is 46.7 Å². The summed E-state index contributed by atoms with van der Waals surface area (Å²) in [6.45, 7) is 2.32. The quantitative estimate of drug-likeness (QED) is 0.625. The van der Waals surface area contributed by atoms with Crippen LogP contribution in [-0.2, 0) is 24.3 Å². The highest BCUT2D eigenvalue weighted by Crippen LogP contribution is 2.22. The van der Waals surface area contributed by atoms with Gasteiger partial charge in [-0.05, 0) is 49.4 Å². The van der Waals surface area contributed by atoms with Gasteiger partial charge in [0.2, 0.25) is 10.0 Å². The van der Waals surface area contributed by atoms with Crippen LogP contribution in [-0.4, -0.2) is 50.3 Å². The van der Waals surface area contributed by atoms with Gasteiger partial charge >= 0.3 is 5.97 Å². The predicted octanol–water partition coefficient (Wildman–Crippen LogP) is 1.82. The smallest absolute Gasteiger partial charge is 0.309 e. The minimum Gasteiger partial charge on any atom is -0.452 e. The summed E-state index contributed by atoms with van der Waals surface area (Å²) in [6.07, 6.45) is -0.155. The van der Waals surface area contributed by atoms with Crippen LogP contribution in [0.15, 0.2) is 46.7 Å². The van der Waals surface area contributed by atoms with E-state index in [4.69, 9.17) is 9.88 Å². The van der Waals surface area contributed by atoms with E-state index in [9.17, 15) is 22.8 Å². The van der Waals surface area contributed by atoms with Gasteiger partial charge in [0.1, 0.15) is 0 Å². The number of amides is 2. The van der Waals surface area contributed by atoms with Crippen molar-refractivity contribution in [2.24, 2.45) is 11.1 Å². The molecule has 0 radical (unpaired) electrons. The summed E-state index contributed by atoms with van der Waals surface area (Å²) < 4.78 is 28.2.